The number of likely N-dealkylation sites (tertiary alicyclic amines) is 1. The van der Waals surface area contributed by atoms with Crippen LogP contribution in [0, 0.1) is 13.8 Å². The minimum atomic E-state index is 0.115. The highest BCUT2D eigenvalue weighted by Gasteiger charge is 2.32. The highest BCUT2D eigenvalue weighted by atomic mass is 32.1. The van der Waals surface area contributed by atoms with Crippen molar-refractivity contribution in [2.24, 2.45) is 0 Å². The van der Waals surface area contributed by atoms with Gasteiger partial charge in [0, 0.05) is 50.2 Å². The molecule has 5 nitrogen and oxygen atoms in total. The minimum Gasteiger partial charge on any atom is -0.336 e. The van der Waals surface area contributed by atoms with E-state index in [9.17, 15) is 4.79 Å². The maximum atomic E-state index is 12.5. The van der Waals surface area contributed by atoms with Crippen molar-refractivity contribution >= 4 is 17.2 Å². The molecule has 0 spiro atoms. The van der Waals surface area contributed by atoms with Crippen LogP contribution in [-0.2, 0) is 0 Å². The average molecular weight is 294 g/mol. The first kappa shape index (κ1) is 14.0. The molecule has 1 aromatic heterocycles. The fraction of sp³-hybridized carbons (Fsp3) is 0.714. The summed E-state index contributed by atoms with van der Waals surface area (Å²) in [4.78, 5) is 22.5. The lowest BCUT2D eigenvalue weighted by Gasteiger charge is -2.32. The molecule has 0 saturated carbocycles. The molecular weight excluding hydrogens is 272 g/mol. The zero-order chi connectivity index (χ0) is 14.1. The molecule has 2 aliphatic heterocycles. The number of nitrogens with zero attached hydrogens (tertiary/aromatic N) is 3. The first-order chi connectivity index (χ1) is 9.65. The van der Waals surface area contributed by atoms with Crippen LogP contribution in [0.4, 0.5) is 0 Å². The van der Waals surface area contributed by atoms with Crippen molar-refractivity contribution in [1.82, 2.24) is 20.1 Å². The number of aryl methyl sites for hydroxylation is 2. The van der Waals surface area contributed by atoms with E-state index in [2.05, 4.69) is 15.2 Å². The fourth-order valence-electron chi connectivity index (χ4n) is 3.15. The quantitative estimate of drug-likeness (QED) is 0.880. The van der Waals surface area contributed by atoms with E-state index < -0.39 is 0 Å². The van der Waals surface area contributed by atoms with E-state index in [4.69, 9.17) is 0 Å². The molecule has 2 aliphatic rings. The van der Waals surface area contributed by atoms with Crippen molar-refractivity contribution in [3.8, 4) is 0 Å². The van der Waals surface area contributed by atoms with Crippen molar-refractivity contribution in [2.45, 2.75) is 26.3 Å². The molecule has 6 heteroatoms. The van der Waals surface area contributed by atoms with Crippen molar-refractivity contribution in [3.05, 3.63) is 15.6 Å². The second-order valence-electron chi connectivity index (χ2n) is 5.62. The van der Waals surface area contributed by atoms with Gasteiger partial charge in [-0.2, -0.15) is 0 Å². The molecule has 1 N–H and O–H groups in total. The van der Waals surface area contributed by atoms with Crippen molar-refractivity contribution in [1.29, 1.82) is 0 Å². The van der Waals surface area contributed by atoms with Crippen LogP contribution in [0.25, 0.3) is 0 Å². The lowest BCUT2D eigenvalue weighted by atomic mass is 10.2. The topological polar surface area (TPSA) is 48.5 Å². The van der Waals surface area contributed by atoms with E-state index in [-0.39, 0.29) is 5.91 Å². The van der Waals surface area contributed by atoms with Gasteiger partial charge in [-0.15, -0.1) is 11.3 Å². The molecule has 0 aromatic carbocycles. The number of aromatic nitrogens is 1. The number of hydrogen-bond acceptors (Lipinski definition) is 5. The number of carbonyl (C=O) groups is 1. The lowest BCUT2D eigenvalue weighted by molar-refractivity contribution is 0.0767. The Labute approximate surface area is 124 Å². The number of rotatable bonds is 2. The third-order valence-corrected chi connectivity index (χ3v) is 5.11. The van der Waals surface area contributed by atoms with Gasteiger partial charge in [-0.25, -0.2) is 4.98 Å². The summed E-state index contributed by atoms with van der Waals surface area (Å²) in [6, 6.07) is 0.529. The van der Waals surface area contributed by atoms with E-state index in [1.165, 1.54) is 0 Å². The maximum Gasteiger partial charge on any atom is 0.273 e. The predicted octanol–water partition coefficient (Wildman–Crippen LogP) is 0.880. The minimum absolute atomic E-state index is 0.115. The van der Waals surface area contributed by atoms with Crippen LogP contribution in [0.1, 0.15) is 26.8 Å². The summed E-state index contributed by atoms with van der Waals surface area (Å²) < 4.78 is 0. The molecule has 2 fully saturated rings. The molecule has 3 rings (SSSR count). The van der Waals surface area contributed by atoms with E-state index in [0.717, 1.165) is 55.6 Å². The fourth-order valence-corrected chi connectivity index (χ4v) is 3.96. The van der Waals surface area contributed by atoms with Crippen molar-refractivity contribution in [2.75, 3.05) is 39.3 Å². The van der Waals surface area contributed by atoms with Gasteiger partial charge in [0.2, 0.25) is 0 Å². The Kier molecular flexibility index (Phi) is 4.05. The first-order valence-electron chi connectivity index (χ1n) is 7.33. The predicted molar refractivity (Wildman–Crippen MR) is 80.3 cm³/mol. The second kappa shape index (κ2) is 5.79. The van der Waals surface area contributed by atoms with Gasteiger partial charge < -0.3 is 10.2 Å². The zero-order valence-corrected chi connectivity index (χ0v) is 13.0. The monoisotopic (exact) mass is 294 g/mol. The Bertz CT molecular complexity index is 495. The molecule has 3 heterocycles. The summed E-state index contributed by atoms with van der Waals surface area (Å²) >= 11 is 1.61. The number of piperazine rings is 1. The molecule has 0 aliphatic carbocycles. The normalized spacial score (nSPS) is 24.3. The van der Waals surface area contributed by atoms with Gasteiger partial charge in [0.15, 0.2) is 0 Å². The summed E-state index contributed by atoms with van der Waals surface area (Å²) in [5.41, 5.74) is 0.661. The first-order valence-corrected chi connectivity index (χ1v) is 8.15. The van der Waals surface area contributed by atoms with Crippen LogP contribution < -0.4 is 5.32 Å². The summed E-state index contributed by atoms with van der Waals surface area (Å²) in [6.45, 7) is 9.99. The van der Waals surface area contributed by atoms with Gasteiger partial charge in [-0.3, -0.25) is 9.69 Å². The van der Waals surface area contributed by atoms with Gasteiger partial charge in [0.1, 0.15) is 5.69 Å². The van der Waals surface area contributed by atoms with E-state index >= 15 is 0 Å². The standard InChI is InChI=1S/C14H22N4OS/c1-10-13(16-11(2)20-10)14(19)18-6-3-12(9-18)17-7-4-15-5-8-17/h12,15H,3-9H2,1-2H3. The highest BCUT2D eigenvalue weighted by molar-refractivity contribution is 7.11. The summed E-state index contributed by atoms with van der Waals surface area (Å²) in [6.07, 6.45) is 1.09. The molecule has 0 bridgehead atoms. The highest BCUT2D eigenvalue weighted by Crippen LogP contribution is 2.22. The third-order valence-electron chi connectivity index (χ3n) is 4.22. The van der Waals surface area contributed by atoms with Gasteiger partial charge in [-0.05, 0) is 20.3 Å². The second-order valence-corrected chi connectivity index (χ2v) is 7.02. The summed E-state index contributed by atoms with van der Waals surface area (Å²) in [5, 5.41) is 4.35. The molecule has 110 valence electrons. The largest absolute Gasteiger partial charge is 0.336 e. The van der Waals surface area contributed by atoms with Gasteiger partial charge >= 0.3 is 0 Å². The number of thiazole rings is 1. The van der Waals surface area contributed by atoms with Crippen LogP contribution in [-0.4, -0.2) is 66.0 Å². The molecule has 20 heavy (non-hydrogen) atoms. The van der Waals surface area contributed by atoms with E-state index in [1.54, 1.807) is 11.3 Å². The van der Waals surface area contributed by atoms with Crippen molar-refractivity contribution < 1.29 is 4.79 Å². The SMILES string of the molecule is Cc1nc(C(=O)N2CCC(N3CCNCC3)C2)c(C)s1. The smallest absolute Gasteiger partial charge is 0.273 e. The number of hydrogen-bond donors (Lipinski definition) is 1. The Hall–Kier alpha value is -0.980. The molecule has 0 radical (unpaired) electrons. The Balaban J connectivity index is 1.64. The van der Waals surface area contributed by atoms with Crippen LogP contribution >= 0.6 is 11.3 Å². The van der Waals surface area contributed by atoms with Crippen LogP contribution in [0.2, 0.25) is 0 Å². The Morgan fingerprint density at radius 1 is 1.30 bits per heavy atom. The summed E-state index contributed by atoms with van der Waals surface area (Å²) in [7, 11) is 0. The number of carbonyl (C=O) groups excluding carboxylic acids is 1. The van der Waals surface area contributed by atoms with Gasteiger partial charge in [0.25, 0.3) is 5.91 Å². The van der Waals surface area contributed by atoms with Gasteiger partial charge in [-0.1, -0.05) is 0 Å². The molecule has 1 amide bonds. The maximum absolute atomic E-state index is 12.5. The van der Waals surface area contributed by atoms with E-state index in [0.29, 0.717) is 11.7 Å². The Morgan fingerprint density at radius 2 is 2.05 bits per heavy atom. The van der Waals surface area contributed by atoms with E-state index in [1.807, 2.05) is 18.7 Å². The van der Waals surface area contributed by atoms with Crippen LogP contribution in [0.15, 0.2) is 0 Å². The molecule has 1 aromatic rings. The van der Waals surface area contributed by atoms with Crippen LogP contribution in [0.5, 0.6) is 0 Å². The number of amides is 1. The van der Waals surface area contributed by atoms with Crippen molar-refractivity contribution in [3.63, 3.8) is 0 Å². The molecule has 1 atom stereocenters. The molecule has 1 unspecified atom stereocenters. The average Bonchev–Trinajstić information content (AvgIpc) is 3.06. The van der Waals surface area contributed by atoms with Crippen LogP contribution in [0.3, 0.4) is 0 Å². The zero-order valence-electron chi connectivity index (χ0n) is 12.2. The molecule has 2 saturated heterocycles. The van der Waals surface area contributed by atoms with Gasteiger partial charge in [0.05, 0.1) is 5.01 Å². The third kappa shape index (κ3) is 2.73. The Morgan fingerprint density at radius 3 is 2.70 bits per heavy atom. The molecular formula is C14H22N4OS. The lowest BCUT2D eigenvalue weighted by Crippen LogP contribution is -2.49. The summed E-state index contributed by atoms with van der Waals surface area (Å²) in [5.74, 6) is 0.115. The number of nitrogens with one attached hydrogen (secondary N) is 1.